The minimum Gasteiger partial charge on any atom is -0.372 e. The molecule has 26 heavy (non-hydrogen) atoms. The molecular weight excluding hydrogens is 350 g/mol. The van der Waals surface area contributed by atoms with Crippen LogP contribution in [0.25, 0.3) is 0 Å². The standard InChI is InChI=1S/C18H25N5O2S/c1-13-15(26-12-21-13)9-23-10-18(11-23)14(4-8-25-18)3-5-20-17(24)16-19-6-7-22(16)2/h6-7,12,14H,3-5,8-11H2,1-2H3,(H,20,24). The molecule has 0 bridgehead atoms. The van der Waals surface area contributed by atoms with Crippen LogP contribution in [0, 0.1) is 12.8 Å². The Morgan fingerprint density at radius 2 is 2.31 bits per heavy atom. The number of hydrogen-bond acceptors (Lipinski definition) is 6. The normalized spacial score (nSPS) is 21.8. The third-order valence-corrected chi connectivity index (χ3v) is 6.52. The number of ether oxygens (including phenoxy) is 1. The number of carbonyl (C=O) groups is 1. The van der Waals surface area contributed by atoms with Crippen molar-refractivity contribution in [2.24, 2.45) is 13.0 Å². The molecule has 0 aliphatic carbocycles. The highest BCUT2D eigenvalue weighted by atomic mass is 32.1. The molecule has 0 aromatic carbocycles. The molecule has 0 saturated carbocycles. The van der Waals surface area contributed by atoms with Gasteiger partial charge in [-0.25, -0.2) is 9.97 Å². The summed E-state index contributed by atoms with van der Waals surface area (Å²) in [7, 11) is 1.83. The zero-order chi connectivity index (χ0) is 18.1. The van der Waals surface area contributed by atoms with E-state index in [9.17, 15) is 4.79 Å². The van der Waals surface area contributed by atoms with Crippen LogP contribution in [-0.4, -0.2) is 57.2 Å². The predicted molar refractivity (Wildman–Crippen MR) is 99.1 cm³/mol. The van der Waals surface area contributed by atoms with Crippen molar-refractivity contribution in [3.05, 3.63) is 34.3 Å². The van der Waals surface area contributed by atoms with Gasteiger partial charge in [0.25, 0.3) is 5.91 Å². The molecule has 1 unspecified atom stereocenters. The van der Waals surface area contributed by atoms with Crippen LogP contribution in [0.15, 0.2) is 17.9 Å². The lowest BCUT2D eigenvalue weighted by Crippen LogP contribution is -2.64. The molecule has 0 radical (unpaired) electrons. The Morgan fingerprint density at radius 3 is 3.00 bits per heavy atom. The number of aryl methyl sites for hydroxylation is 2. The van der Waals surface area contributed by atoms with Crippen LogP contribution >= 0.6 is 11.3 Å². The van der Waals surface area contributed by atoms with Crippen molar-refractivity contribution in [3.63, 3.8) is 0 Å². The smallest absolute Gasteiger partial charge is 0.287 e. The van der Waals surface area contributed by atoms with Crippen molar-refractivity contribution in [2.75, 3.05) is 26.2 Å². The monoisotopic (exact) mass is 375 g/mol. The lowest BCUT2D eigenvalue weighted by Gasteiger charge is -2.50. The molecule has 2 aromatic rings. The van der Waals surface area contributed by atoms with E-state index in [1.807, 2.05) is 12.6 Å². The first-order chi connectivity index (χ1) is 12.6. The van der Waals surface area contributed by atoms with E-state index >= 15 is 0 Å². The Balaban J connectivity index is 1.26. The van der Waals surface area contributed by atoms with Crippen molar-refractivity contribution >= 4 is 17.2 Å². The van der Waals surface area contributed by atoms with Gasteiger partial charge in [0.1, 0.15) is 0 Å². The summed E-state index contributed by atoms with van der Waals surface area (Å²) in [4.78, 5) is 24.4. The average molecular weight is 375 g/mol. The molecule has 4 rings (SSSR count). The molecule has 2 aliphatic heterocycles. The Labute approximate surface area is 157 Å². The quantitative estimate of drug-likeness (QED) is 0.830. The second-order valence-electron chi connectivity index (χ2n) is 7.31. The van der Waals surface area contributed by atoms with E-state index in [0.29, 0.717) is 18.3 Å². The number of amides is 1. The van der Waals surface area contributed by atoms with Crippen molar-refractivity contribution < 1.29 is 9.53 Å². The second kappa shape index (κ2) is 7.09. The number of likely N-dealkylation sites (tertiary alicyclic amines) is 1. The summed E-state index contributed by atoms with van der Waals surface area (Å²) in [6.07, 6.45) is 5.44. The third-order valence-electron chi connectivity index (χ3n) is 5.60. The highest BCUT2D eigenvalue weighted by molar-refractivity contribution is 7.09. The van der Waals surface area contributed by atoms with E-state index in [4.69, 9.17) is 4.74 Å². The van der Waals surface area contributed by atoms with Crippen LogP contribution < -0.4 is 5.32 Å². The maximum atomic E-state index is 12.2. The molecule has 1 amide bonds. The van der Waals surface area contributed by atoms with Gasteiger partial charge in [0.2, 0.25) is 0 Å². The third kappa shape index (κ3) is 3.28. The number of rotatable bonds is 6. The van der Waals surface area contributed by atoms with Crippen LogP contribution in [0.1, 0.15) is 34.0 Å². The zero-order valence-corrected chi connectivity index (χ0v) is 16.1. The zero-order valence-electron chi connectivity index (χ0n) is 15.3. The minimum absolute atomic E-state index is 0.0213. The Hall–Kier alpha value is -1.77. The number of carbonyl (C=O) groups excluding carboxylic acids is 1. The van der Waals surface area contributed by atoms with Gasteiger partial charge in [-0.05, 0) is 25.7 Å². The van der Waals surface area contributed by atoms with E-state index in [2.05, 4.69) is 27.1 Å². The van der Waals surface area contributed by atoms with Crippen molar-refractivity contribution in [3.8, 4) is 0 Å². The van der Waals surface area contributed by atoms with E-state index in [0.717, 1.165) is 44.8 Å². The molecule has 2 aromatic heterocycles. The first kappa shape index (κ1) is 17.6. The van der Waals surface area contributed by atoms with E-state index < -0.39 is 0 Å². The summed E-state index contributed by atoms with van der Waals surface area (Å²) in [5, 5.41) is 3.00. The number of nitrogens with one attached hydrogen (secondary N) is 1. The number of imidazole rings is 1. The summed E-state index contributed by atoms with van der Waals surface area (Å²) in [5.74, 6) is 0.849. The molecule has 1 spiro atoms. The van der Waals surface area contributed by atoms with E-state index in [-0.39, 0.29) is 11.5 Å². The second-order valence-corrected chi connectivity index (χ2v) is 8.25. The Bertz CT molecular complexity index is 780. The van der Waals surface area contributed by atoms with Gasteiger partial charge >= 0.3 is 0 Å². The molecule has 140 valence electrons. The highest BCUT2D eigenvalue weighted by Crippen LogP contribution is 2.42. The lowest BCUT2D eigenvalue weighted by atomic mass is 9.79. The van der Waals surface area contributed by atoms with Crippen LogP contribution in [0.2, 0.25) is 0 Å². The summed E-state index contributed by atoms with van der Waals surface area (Å²) >= 11 is 1.73. The Kier molecular flexibility index (Phi) is 4.81. The van der Waals surface area contributed by atoms with Gasteiger partial charge in [0, 0.05) is 57.1 Å². The number of hydrogen-bond donors (Lipinski definition) is 1. The van der Waals surface area contributed by atoms with Crippen molar-refractivity contribution in [1.29, 1.82) is 0 Å². The average Bonchev–Trinajstić information content (AvgIpc) is 3.29. The maximum absolute atomic E-state index is 12.2. The van der Waals surface area contributed by atoms with E-state index in [1.165, 1.54) is 4.88 Å². The maximum Gasteiger partial charge on any atom is 0.287 e. The number of nitrogens with zero attached hydrogens (tertiary/aromatic N) is 4. The van der Waals surface area contributed by atoms with Gasteiger partial charge in [-0.2, -0.15) is 0 Å². The van der Waals surface area contributed by atoms with Gasteiger partial charge in [0.05, 0.1) is 16.8 Å². The fourth-order valence-electron chi connectivity index (χ4n) is 4.07. The number of thiazole rings is 1. The summed E-state index contributed by atoms with van der Waals surface area (Å²) in [5.41, 5.74) is 3.03. The van der Waals surface area contributed by atoms with Crippen LogP contribution in [0.4, 0.5) is 0 Å². The fourth-order valence-corrected chi connectivity index (χ4v) is 4.89. The molecule has 8 heteroatoms. The molecule has 2 saturated heterocycles. The molecule has 2 fully saturated rings. The molecule has 7 nitrogen and oxygen atoms in total. The van der Waals surface area contributed by atoms with Crippen molar-refractivity contribution in [2.45, 2.75) is 31.9 Å². The summed E-state index contributed by atoms with van der Waals surface area (Å²) in [6, 6.07) is 0. The van der Waals surface area contributed by atoms with Crippen LogP contribution in [0.3, 0.4) is 0 Å². The van der Waals surface area contributed by atoms with Crippen molar-refractivity contribution in [1.82, 2.24) is 24.8 Å². The fraction of sp³-hybridized carbons (Fsp3) is 0.611. The SMILES string of the molecule is Cc1ncsc1CN1CC2(C1)OCCC2CCNC(=O)c1nccn1C. The number of aromatic nitrogens is 3. The summed E-state index contributed by atoms with van der Waals surface area (Å²) in [6.45, 7) is 6.47. The van der Waals surface area contributed by atoms with Gasteiger partial charge in [-0.15, -0.1) is 11.3 Å². The van der Waals surface area contributed by atoms with Gasteiger partial charge in [-0.3, -0.25) is 9.69 Å². The minimum atomic E-state index is -0.110. The van der Waals surface area contributed by atoms with Crippen LogP contribution in [-0.2, 0) is 18.3 Å². The predicted octanol–water partition coefficient (Wildman–Crippen LogP) is 1.60. The molecule has 2 aliphatic rings. The largest absolute Gasteiger partial charge is 0.372 e. The first-order valence-corrected chi connectivity index (χ1v) is 9.96. The van der Waals surface area contributed by atoms with Crippen LogP contribution in [0.5, 0.6) is 0 Å². The first-order valence-electron chi connectivity index (χ1n) is 9.08. The van der Waals surface area contributed by atoms with Gasteiger partial charge in [-0.1, -0.05) is 0 Å². The highest BCUT2D eigenvalue weighted by Gasteiger charge is 2.52. The lowest BCUT2D eigenvalue weighted by molar-refractivity contribution is -0.136. The summed E-state index contributed by atoms with van der Waals surface area (Å²) < 4.78 is 7.87. The Morgan fingerprint density at radius 1 is 1.46 bits per heavy atom. The molecule has 4 heterocycles. The molecular formula is C18H25N5O2S. The van der Waals surface area contributed by atoms with Gasteiger partial charge in [0.15, 0.2) is 5.82 Å². The van der Waals surface area contributed by atoms with E-state index in [1.54, 1.807) is 28.3 Å². The van der Waals surface area contributed by atoms with Gasteiger partial charge < -0.3 is 14.6 Å². The molecule has 1 N–H and O–H groups in total. The molecule has 1 atom stereocenters. The topological polar surface area (TPSA) is 72.3 Å².